The molecule has 0 aliphatic heterocycles. The Balaban J connectivity index is 0.000000465. The molecule has 2 aliphatic rings. The van der Waals surface area contributed by atoms with E-state index in [1.807, 2.05) is 12.1 Å². The molecule has 0 fully saturated rings. The molecule has 0 spiro atoms. The van der Waals surface area contributed by atoms with Crippen LogP contribution in [0.4, 0.5) is 0 Å². The molecule has 4 rings (SSSR count). The van der Waals surface area contributed by atoms with Crippen LogP contribution in [0.2, 0.25) is 0 Å². The zero-order chi connectivity index (χ0) is 21.8. The minimum atomic E-state index is 0. The Morgan fingerprint density at radius 2 is 1.03 bits per heavy atom. The number of allylic oxidation sites excluding steroid dienone is 8. The number of hydrogen-bond donors (Lipinski definition) is 0. The van der Waals surface area contributed by atoms with Crippen LogP contribution in [0.3, 0.4) is 0 Å². The summed E-state index contributed by atoms with van der Waals surface area (Å²) in [7, 11) is 0. The molecule has 0 nitrogen and oxygen atoms in total. The summed E-state index contributed by atoms with van der Waals surface area (Å²) in [4.78, 5) is 0. The summed E-state index contributed by atoms with van der Waals surface area (Å²) in [5.74, 6) is 0. The van der Waals surface area contributed by atoms with Crippen LogP contribution in [0.5, 0.6) is 0 Å². The van der Waals surface area contributed by atoms with Gasteiger partial charge < -0.3 is 24.8 Å². The van der Waals surface area contributed by atoms with Crippen LogP contribution in [-0.4, -0.2) is 3.81 Å². The van der Waals surface area contributed by atoms with Crippen molar-refractivity contribution in [3.8, 4) is 0 Å². The van der Waals surface area contributed by atoms with Gasteiger partial charge >= 0.3 is 95.6 Å². The molecule has 0 atom stereocenters. The van der Waals surface area contributed by atoms with Gasteiger partial charge in [0.05, 0.1) is 0 Å². The van der Waals surface area contributed by atoms with Crippen LogP contribution < -0.4 is 24.8 Å². The molecule has 0 amide bonds. The maximum absolute atomic E-state index is 3.24. The van der Waals surface area contributed by atoms with E-state index in [0.717, 1.165) is 12.8 Å². The van der Waals surface area contributed by atoms with Crippen molar-refractivity contribution in [2.75, 3.05) is 0 Å². The molecule has 2 aliphatic carbocycles. The van der Waals surface area contributed by atoms with Crippen LogP contribution in [-0.2, 0) is 20.0 Å². The Morgan fingerprint density at radius 3 is 1.25 bits per heavy atom. The molecule has 2 aromatic rings. The molecule has 0 saturated heterocycles. The summed E-state index contributed by atoms with van der Waals surface area (Å²) in [5.41, 5.74) is 8.24. The van der Waals surface area contributed by atoms with Gasteiger partial charge in [0.15, 0.2) is 0 Å². The number of halogens is 2. The zero-order valence-electron chi connectivity index (χ0n) is 19.5. The Hall–Kier alpha value is -1.44. The molecule has 32 heavy (non-hydrogen) atoms. The van der Waals surface area contributed by atoms with Crippen molar-refractivity contribution >= 4 is 3.81 Å². The summed E-state index contributed by atoms with van der Waals surface area (Å²) in [6, 6.07) is 20.9. The second kappa shape index (κ2) is 17.1. The molecule has 0 saturated carbocycles. The van der Waals surface area contributed by atoms with Gasteiger partial charge in [-0.2, -0.15) is 23.3 Å². The van der Waals surface area contributed by atoms with Crippen molar-refractivity contribution in [1.82, 2.24) is 0 Å². The van der Waals surface area contributed by atoms with Gasteiger partial charge in [0.25, 0.3) is 0 Å². The van der Waals surface area contributed by atoms with E-state index in [1.165, 1.54) is 50.1 Å². The summed E-state index contributed by atoms with van der Waals surface area (Å²) in [5, 5.41) is 0. The third-order valence-corrected chi connectivity index (χ3v) is 6.18. The van der Waals surface area contributed by atoms with E-state index < -0.39 is 0 Å². The monoisotopic (exact) mass is 498 g/mol. The van der Waals surface area contributed by atoms with E-state index in [-0.39, 0.29) is 24.8 Å². The second-order valence-corrected chi connectivity index (χ2v) is 8.07. The zero-order valence-corrected chi connectivity index (χ0v) is 22.6. The first-order valence-electron chi connectivity index (χ1n) is 10.8. The Morgan fingerprint density at radius 1 is 0.688 bits per heavy atom. The van der Waals surface area contributed by atoms with Gasteiger partial charge in [0, 0.05) is 0 Å². The van der Waals surface area contributed by atoms with E-state index >= 15 is 0 Å². The minimum absolute atomic E-state index is 0. The fraction of sp³-hybridized carbons (Fsp3) is 0.276. The predicted molar refractivity (Wildman–Crippen MR) is 127 cm³/mol. The average Bonchev–Trinajstić information content (AvgIpc) is 3.42. The van der Waals surface area contributed by atoms with Gasteiger partial charge in [-0.15, -0.1) is 12.8 Å². The Labute approximate surface area is 219 Å². The predicted octanol–water partition coefficient (Wildman–Crippen LogP) is 1.76. The van der Waals surface area contributed by atoms with E-state index in [1.54, 1.807) is 0 Å². The molecular formula is C29H32Cl2Ti-2. The van der Waals surface area contributed by atoms with Crippen molar-refractivity contribution in [3.63, 3.8) is 0 Å². The summed E-state index contributed by atoms with van der Waals surface area (Å²) in [6.07, 6.45) is 15.4. The van der Waals surface area contributed by atoms with Crippen LogP contribution >= 0.6 is 0 Å². The molecule has 0 N–H and O–H groups in total. The molecule has 0 unspecified atom stereocenters. The van der Waals surface area contributed by atoms with Gasteiger partial charge in [-0.1, -0.05) is 40.5 Å². The van der Waals surface area contributed by atoms with Crippen molar-refractivity contribution in [3.05, 3.63) is 118 Å². The molecule has 2 aromatic carbocycles. The van der Waals surface area contributed by atoms with Crippen LogP contribution in [0.15, 0.2) is 95.1 Å². The summed E-state index contributed by atoms with van der Waals surface area (Å²) < 4.78 is 1.33. The van der Waals surface area contributed by atoms with Gasteiger partial charge in [0.2, 0.25) is 0 Å². The van der Waals surface area contributed by atoms with Crippen LogP contribution in [0, 0.1) is 12.2 Å². The first kappa shape index (κ1) is 30.6. The Bertz CT molecular complexity index is 858. The maximum atomic E-state index is 3.24. The number of rotatable bonds is 4. The average molecular weight is 499 g/mol. The normalized spacial score (nSPS) is 13.4. The third-order valence-electron chi connectivity index (χ3n) is 5.28. The molecule has 3 heteroatoms. The molecule has 0 radical (unpaired) electrons. The van der Waals surface area contributed by atoms with Crippen molar-refractivity contribution < 1.29 is 44.8 Å². The van der Waals surface area contributed by atoms with Gasteiger partial charge in [-0.3, -0.25) is 12.2 Å². The first-order valence-corrected chi connectivity index (χ1v) is 11.6. The molecule has 0 bridgehead atoms. The van der Waals surface area contributed by atoms with Crippen LogP contribution in [0.25, 0.3) is 0 Å². The molecular weight excluding hydrogens is 467 g/mol. The fourth-order valence-corrected chi connectivity index (χ4v) is 3.90. The molecule has 0 heterocycles. The first-order chi connectivity index (χ1) is 14.6. The topological polar surface area (TPSA) is 0 Å². The van der Waals surface area contributed by atoms with E-state index in [0.29, 0.717) is 0 Å². The number of benzene rings is 2. The van der Waals surface area contributed by atoms with Gasteiger partial charge in [-0.05, 0) is 0 Å². The third kappa shape index (κ3) is 10.0. The van der Waals surface area contributed by atoms with Gasteiger partial charge in [-0.25, -0.2) is 11.1 Å². The fourth-order valence-electron chi connectivity index (χ4n) is 3.38. The van der Waals surface area contributed by atoms with Gasteiger partial charge in [0.1, 0.15) is 0 Å². The van der Waals surface area contributed by atoms with Crippen molar-refractivity contribution in [2.45, 2.75) is 53.4 Å². The van der Waals surface area contributed by atoms with Crippen LogP contribution in [0.1, 0.15) is 64.5 Å². The van der Waals surface area contributed by atoms with Crippen molar-refractivity contribution in [2.24, 2.45) is 0 Å². The van der Waals surface area contributed by atoms with E-state index in [2.05, 4.69) is 121 Å². The molecule has 0 aromatic heterocycles. The van der Waals surface area contributed by atoms with E-state index in [9.17, 15) is 0 Å². The quantitative estimate of drug-likeness (QED) is 0.445. The SMILES string of the molecule is CCC1=CC[C-]=C1C.CCC1=CC[C-]=C1C.[Cl-].[Cl-].[Ti+2]=[C](c1ccccc1)c1ccccc1. The molecule has 168 valence electrons. The van der Waals surface area contributed by atoms with E-state index in [4.69, 9.17) is 0 Å². The Kier molecular flexibility index (Phi) is 16.3. The summed E-state index contributed by atoms with van der Waals surface area (Å²) >= 11 is 2.16. The number of hydrogen-bond acceptors (Lipinski definition) is 0. The second-order valence-electron chi connectivity index (χ2n) is 7.28. The standard InChI is InChI=1S/C13H10.2C8H11.2ClH.Ti/c1-3-7-12(8-4-1)11-13-9-5-2-6-10-13;2*1-3-8-6-4-5-7(8)2;;;/h1-10H;2*6H,3-4H2,1-2H3;2*1H;/q;2*-1;;;+2/p-2. The van der Waals surface area contributed by atoms with Crippen molar-refractivity contribution in [1.29, 1.82) is 0 Å². The summed E-state index contributed by atoms with van der Waals surface area (Å²) in [6.45, 7) is 8.62.